The minimum Gasteiger partial charge on any atom is -0.349 e. The third-order valence-electron chi connectivity index (χ3n) is 3.07. The number of hydrogen-bond donors (Lipinski definition) is 1. The van der Waals surface area contributed by atoms with Crippen molar-refractivity contribution in [2.75, 3.05) is 0 Å². The van der Waals surface area contributed by atoms with E-state index >= 15 is 0 Å². The van der Waals surface area contributed by atoms with Gasteiger partial charge in [-0.2, -0.15) is 0 Å². The van der Waals surface area contributed by atoms with Crippen LogP contribution in [0.2, 0.25) is 5.02 Å². The molecule has 0 fully saturated rings. The van der Waals surface area contributed by atoms with Crippen molar-refractivity contribution >= 4 is 33.4 Å². The molecule has 1 aromatic rings. The average molecular weight is 347 g/mol. The van der Waals surface area contributed by atoms with Gasteiger partial charge >= 0.3 is 0 Å². The quantitative estimate of drug-likeness (QED) is 0.723. The first-order chi connectivity index (χ1) is 9.10. The summed E-state index contributed by atoms with van der Waals surface area (Å²) in [6.07, 6.45) is 5.39. The van der Waals surface area contributed by atoms with Gasteiger partial charge in [0.25, 0.3) is 5.91 Å². The largest absolute Gasteiger partial charge is 0.349 e. The van der Waals surface area contributed by atoms with Crippen molar-refractivity contribution < 1.29 is 4.79 Å². The van der Waals surface area contributed by atoms with Crippen LogP contribution in [0.4, 0.5) is 0 Å². The van der Waals surface area contributed by atoms with Crippen LogP contribution in [0.5, 0.6) is 0 Å². The Morgan fingerprint density at radius 2 is 2.05 bits per heavy atom. The molecule has 1 rings (SSSR count). The predicted molar refractivity (Wildman–Crippen MR) is 84.8 cm³/mol. The van der Waals surface area contributed by atoms with Gasteiger partial charge < -0.3 is 5.32 Å². The Morgan fingerprint density at radius 3 is 2.68 bits per heavy atom. The van der Waals surface area contributed by atoms with Crippen LogP contribution in [0.3, 0.4) is 0 Å². The van der Waals surface area contributed by atoms with Crippen molar-refractivity contribution in [1.29, 1.82) is 0 Å². The van der Waals surface area contributed by atoms with Gasteiger partial charge in [-0.3, -0.25) is 4.79 Å². The van der Waals surface area contributed by atoms with Gasteiger partial charge in [0.15, 0.2) is 0 Å². The van der Waals surface area contributed by atoms with E-state index in [0.717, 1.165) is 36.6 Å². The van der Waals surface area contributed by atoms with Gasteiger partial charge in [-0.15, -0.1) is 0 Å². The number of unbranched alkanes of at least 4 members (excludes halogenated alkanes) is 1. The molecule has 0 saturated carbocycles. The summed E-state index contributed by atoms with van der Waals surface area (Å²) in [5, 5.41) is 3.57. The average Bonchev–Trinajstić information content (AvgIpc) is 2.39. The van der Waals surface area contributed by atoms with Crippen molar-refractivity contribution in [2.45, 2.75) is 52.0 Å². The van der Waals surface area contributed by atoms with E-state index in [-0.39, 0.29) is 11.9 Å². The molecule has 0 spiro atoms. The maximum atomic E-state index is 12.2. The first-order valence-electron chi connectivity index (χ1n) is 6.85. The van der Waals surface area contributed by atoms with E-state index in [1.165, 1.54) is 0 Å². The van der Waals surface area contributed by atoms with Gasteiger partial charge in [-0.1, -0.05) is 50.8 Å². The maximum Gasteiger partial charge on any atom is 0.253 e. The van der Waals surface area contributed by atoms with E-state index < -0.39 is 0 Å². The van der Waals surface area contributed by atoms with E-state index in [1.54, 1.807) is 6.07 Å². The van der Waals surface area contributed by atoms with Gasteiger partial charge in [0.2, 0.25) is 0 Å². The molecule has 2 nitrogen and oxygen atoms in total. The zero-order valence-electron chi connectivity index (χ0n) is 11.5. The minimum absolute atomic E-state index is 0.0825. The highest BCUT2D eigenvalue weighted by atomic mass is 79.9. The summed E-state index contributed by atoms with van der Waals surface area (Å²) >= 11 is 9.49. The monoisotopic (exact) mass is 345 g/mol. The molecule has 1 unspecified atom stereocenters. The summed E-state index contributed by atoms with van der Waals surface area (Å²) in [6.45, 7) is 4.30. The van der Waals surface area contributed by atoms with Gasteiger partial charge in [-0.05, 0) is 40.9 Å². The Hall–Kier alpha value is -0.540. The molecule has 4 heteroatoms. The van der Waals surface area contributed by atoms with Crippen molar-refractivity contribution in [3.05, 3.63) is 33.3 Å². The highest BCUT2D eigenvalue weighted by Gasteiger charge is 2.16. The molecule has 1 aromatic carbocycles. The summed E-state index contributed by atoms with van der Waals surface area (Å²) in [5.41, 5.74) is 0.536. The first-order valence-corrected chi connectivity index (χ1v) is 8.02. The summed E-state index contributed by atoms with van der Waals surface area (Å²) in [5.74, 6) is -0.0825. The molecule has 0 aliphatic heterocycles. The van der Waals surface area contributed by atoms with Crippen LogP contribution >= 0.6 is 27.5 Å². The Kier molecular flexibility index (Phi) is 7.47. The van der Waals surface area contributed by atoms with Crippen LogP contribution in [-0.2, 0) is 0 Å². The fourth-order valence-corrected chi connectivity index (χ4v) is 2.61. The number of benzene rings is 1. The summed E-state index contributed by atoms with van der Waals surface area (Å²) in [4.78, 5) is 12.2. The highest BCUT2D eigenvalue weighted by molar-refractivity contribution is 9.10. The number of halogens is 2. The van der Waals surface area contributed by atoms with E-state index in [9.17, 15) is 4.79 Å². The molecular formula is C15H21BrClNO. The van der Waals surface area contributed by atoms with Crippen molar-refractivity contribution in [3.8, 4) is 0 Å². The summed E-state index contributed by atoms with van der Waals surface area (Å²) in [6, 6.07) is 5.66. The van der Waals surface area contributed by atoms with Gasteiger partial charge in [-0.25, -0.2) is 0 Å². The van der Waals surface area contributed by atoms with Crippen LogP contribution in [-0.4, -0.2) is 11.9 Å². The second-order valence-electron chi connectivity index (χ2n) is 4.70. The number of amides is 1. The standard InChI is InChI=1S/C15H21BrClNO/c1-3-5-8-11(7-4-2)18-15(19)12-9-6-10-13(16)14(12)17/h6,9-11H,3-5,7-8H2,1-2H3,(H,18,19). The summed E-state index contributed by atoms with van der Waals surface area (Å²) < 4.78 is 0.752. The van der Waals surface area contributed by atoms with E-state index in [0.29, 0.717) is 10.6 Å². The van der Waals surface area contributed by atoms with Crippen molar-refractivity contribution in [3.63, 3.8) is 0 Å². The lowest BCUT2D eigenvalue weighted by Gasteiger charge is -2.18. The Balaban J connectivity index is 2.72. The molecule has 0 radical (unpaired) electrons. The van der Waals surface area contributed by atoms with Crippen LogP contribution in [0, 0.1) is 0 Å². The number of hydrogen-bond acceptors (Lipinski definition) is 1. The van der Waals surface area contributed by atoms with Gasteiger partial charge in [0.1, 0.15) is 0 Å². The maximum absolute atomic E-state index is 12.2. The fraction of sp³-hybridized carbons (Fsp3) is 0.533. The van der Waals surface area contributed by atoms with E-state index in [4.69, 9.17) is 11.6 Å². The summed E-state index contributed by atoms with van der Waals surface area (Å²) in [7, 11) is 0. The van der Waals surface area contributed by atoms with Gasteiger partial charge in [0.05, 0.1) is 10.6 Å². The van der Waals surface area contributed by atoms with E-state index in [2.05, 4.69) is 35.1 Å². The molecule has 19 heavy (non-hydrogen) atoms. The van der Waals surface area contributed by atoms with Crippen LogP contribution in [0.15, 0.2) is 22.7 Å². The molecule has 1 N–H and O–H groups in total. The molecule has 0 aliphatic carbocycles. The normalized spacial score (nSPS) is 12.2. The number of carbonyl (C=O) groups is 1. The molecule has 0 aliphatic rings. The zero-order valence-corrected chi connectivity index (χ0v) is 13.9. The van der Waals surface area contributed by atoms with Crippen molar-refractivity contribution in [2.24, 2.45) is 0 Å². The third-order valence-corrected chi connectivity index (χ3v) is 4.37. The molecule has 0 heterocycles. The molecule has 106 valence electrons. The molecule has 1 atom stereocenters. The third kappa shape index (κ3) is 5.15. The van der Waals surface area contributed by atoms with E-state index in [1.807, 2.05) is 12.1 Å². The van der Waals surface area contributed by atoms with Crippen molar-refractivity contribution in [1.82, 2.24) is 5.32 Å². The number of nitrogens with one attached hydrogen (secondary N) is 1. The SMILES string of the molecule is CCCCC(CCC)NC(=O)c1cccc(Br)c1Cl. The second kappa shape index (κ2) is 8.60. The highest BCUT2D eigenvalue weighted by Crippen LogP contribution is 2.26. The first kappa shape index (κ1) is 16.5. The van der Waals surface area contributed by atoms with Crippen LogP contribution < -0.4 is 5.32 Å². The second-order valence-corrected chi connectivity index (χ2v) is 5.93. The number of rotatable bonds is 7. The molecule has 0 saturated heterocycles. The topological polar surface area (TPSA) is 29.1 Å². The van der Waals surface area contributed by atoms with Gasteiger partial charge in [0, 0.05) is 10.5 Å². The molecule has 0 bridgehead atoms. The zero-order chi connectivity index (χ0) is 14.3. The fourth-order valence-electron chi connectivity index (χ4n) is 2.03. The Morgan fingerprint density at radius 1 is 1.32 bits per heavy atom. The lowest BCUT2D eigenvalue weighted by atomic mass is 10.0. The number of carbonyl (C=O) groups excluding carboxylic acids is 1. The molecular weight excluding hydrogens is 326 g/mol. The Labute approximate surface area is 129 Å². The lowest BCUT2D eigenvalue weighted by Crippen LogP contribution is -2.34. The lowest BCUT2D eigenvalue weighted by molar-refractivity contribution is 0.0932. The minimum atomic E-state index is -0.0825. The van der Waals surface area contributed by atoms with Crippen LogP contribution in [0.1, 0.15) is 56.3 Å². The smallest absolute Gasteiger partial charge is 0.253 e. The van der Waals surface area contributed by atoms with Crippen LogP contribution in [0.25, 0.3) is 0 Å². The predicted octanol–water partition coefficient (Wildman–Crippen LogP) is 5.19. The molecule has 1 amide bonds. The molecule has 0 aromatic heterocycles. The Bertz CT molecular complexity index is 423.